The standard InChI is InChI=1S/C20H16F3N5O2/c1-25-16-11-26-28(18(16)24)15-9-5-8-14(10-15)17(20(21,22)23)27-19(29)30-12-13-6-3-2-4-7-13/h2-11,17H,12,24H2,(H,27,29). The monoisotopic (exact) mass is 415 g/mol. The highest BCUT2D eigenvalue weighted by molar-refractivity contribution is 5.68. The molecule has 3 aromatic rings. The lowest BCUT2D eigenvalue weighted by atomic mass is 10.1. The van der Waals surface area contributed by atoms with Crippen LogP contribution in [-0.4, -0.2) is 22.1 Å². The zero-order valence-corrected chi connectivity index (χ0v) is 15.4. The molecule has 7 nitrogen and oxygen atoms in total. The summed E-state index contributed by atoms with van der Waals surface area (Å²) in [6.45, 7) is 6.85. The summed E-state index contributed by atoms with van der Waals surface area (Å²) >= 11 is 0. The van der Waals surface area contributed by atoms with Gasteiger partial charge in [-0.05, 0) is 23.3 Å². The van der Waals surface area contributed by atoms with Crippen LogP contribution in [0.25, 0.3) is 10.5 Å². The summed E-state index contributed by atoms with van der Waals surface area (Å²) in [6, 6.07) is 11.5. The van der Waals surface area contributed by atoms with E-state index in [1.54, 1.807) is 30.3 Å². The first-order valence-corrected chi connectivity index (χ1v) is 8.65. The van der Waals surface area contributed by atoms with E-state index in [-0.39, 0.29) is 29.4 Å². The number of nitrogens with zero attached hydrogens (tertiary/aromatic N) is 3. The number of benzene rings is 2. The van der Waals surface area contributed by atoms with E-state index >= 15 is 0 Å². The molecule has 1 amide bonds. The van der Waals surface area contributed by atoms with Gasteiger partial charge in [-0.2, -0.15) is 18.3 Å². The Morgan fingerprint density at radius 3 is 2.60 bits per heavy atom. The van der Waals surface area contributed by atoms with Crippen molar-refractivity contribution in [2.45, 2.75) is 18.8 Å². The Morgan fingerprint density at radius 2 is 1.97 bits per heavy atom. The van der Waals surface area contributed by atoms with Crippen LogP contribution in [0.2, 0.25) is 0 Å². The van der Waals surface area contributed by atoms with Crippen molar-refractivity contribution in [2.24, 2.45) is 0 Å². The fourth-order valence-electron chi connectivity index (χ4n) is 2.71. The topological polar surface area (TPSA) is 86.5 Å². The zero-order valence-electron chi connectivity index (χ0n) is 15.4. The summed E-state index contributed by atoms with van der Waals surface area (Å²) in [6.07, 6.45) is -4.77. The molecule has 0 bridgehead atoms. The Kier molecular flexibility index (Phi) is 5.92. The average Bonchev–Trinajstić information content (AvgIpc) is 3.11. The van der Waals surface area contributed by atoms with E-state index in [0.29, 0.717) is 5.56 Å². The number of anilines is 1. The Balaban J connectivity index is 1.81. The number of carbonyl (C=O) groups is 1. The summed E-state index contributed by atoms with van der Waals surface area (Å²) in [4.78, 5) is 15.2. The van der Waals surface area contributed by atoms with Gasteiger partial charge in [0.2, 0.25) is 5.69 Å². The highest BCUT2D eigenvalue weighted by atomic mass is 19.4. The molecule has 3 rings (SSSR count). The average molecular weight is 415 g/mol. The molecule has 0 saturated carbocycles. The van der Waals surface area contributed by atoms with Gasteiger partial charge in [0, 0.05) is 0 Å². The van der Waals surface area contributed by atoms with Crippen molar-refractivity contribution in [3.8, 4) is 5.69 Å². The number of hydrogen-bond donors (Lipinski definition) is 2. The van der Waals surface area contributed by atoms with Crippen LogP contribution in [0.4, 0.5) is 29.5 Å². The number of aromatic nitrogens is 2. The SMILES string of the molecule is [C-]#[N+]c1cnn(-c2cccc(C(NC(=O)OCc3ccccc3)C(F)(F)F)c2)c1N. The minimum absolute atomic E-state index is 0.000869. The van der Waals surface area contributed by atoms with Crippen molar-refractivity contribution in [2.75, 3.05) is 5.73 Å². The van der Waals surface area contributed by atoms with Gasteiger partial charge in [-0.15, -0.1) is 0 Å². The number of hydrogen-bond acceptors (Lipinski definition) is 4. The summed E-state index contributed by atoms with van der Waals surface area (Å²) in [5.74, 6) is 0.000869. The Hall–Kier alpha value is -4.00. The molecule has 0 fully saturated rings. The van der Waals surface area contributed by atoms with Gasteiger partial charge in [-0.3, -0.25) is 0 Å². The van der Waals surface area contributed by atoms with Gasteiger partial charge < -0.3 is 15.8 Å². The molecule has 2 aromatic carbocycles. The smallest absolute Gasteiger partial charge is 0.412 e. The van der Waals surface area contributed by atoms with Crippen molar-refractivity contribution in [3.05, 3.63) is 83.3 Å². The molecule has 0 radical (unpaired) electrons. The maximum absolute atomic E-state index is 13.6. The first-order valence-electron chi connectivity index (χ1n) is 8.65. The second kappa shape index (κ2) is 8.57. The van der Waals surface area contributed by atoms with Gasteiger partial charge in [0.15, 0.2) is 6.04 Å². The van der Waals surface area contributed by atoms with Crippen molar-refractivity contribution in [1.82, 2.24) is 15.1 Å². The highest BCUT2D eigenvalue weighted by Crippen LogP contribution is 2.34. The molecule has 154 valence electrons. The zero-order chi connectivity index (χ0) is 21.7. The Labute approximate surface area is 169 Å². The molecule has 0 spiro atoms. The fraction of sp³-hybridized carbons (Fsp3) is 0.150. The number of halogens is 3. The summed E-state index contributed by atoms with van der Waals surface area (Å²) in [5.41, 5.74) is 6.51. The van der Waals surface area contributed by atoms with Crippen molar-refractivity contribution >= 4 is 17.6 Å². The first kappa shape index (κ1) is 20.7. The lowest BCUT2D eigenvalue weighted by Crippen LogP contribution is -2.38. The fourth-order valence-corrected chi connectivity index (χ4v) is 2.71. The lowest BCUT2D eigenvalue weighted by Gasteiger charge is -2.22. The Bertz CT molecular complexity index is 1070. The lowest BCUT2D eigenvalue weighted by molar-refractivity contribution is -0.156. The second-order valence-corrected chi connectivity index (χ2v) is 6.21. The molecule has 1 heterocycles. The molecule has 3 N–H and O–H groups in total. The van der Waals surface area contributed by atoms with Gasteiger partial charge in [0.25, 0.3) is 0 Å². The number of ether oxygens (including phenoxy) is 1. The van der Waals surface area contributed by atoms with E-state index < -0.39 is 18.3 Å². The molecule has 1 atom stereocenters. The number of amides is 1. The van der Waals surface area contributed by atoms with E-state index in [1.807, 2.05) is 5.32 Å². The summed E-state index contributed by atoms with van der Waals surface area (Å²) in [5, 5.41) is 5.79. The number of nitrogens with two attached hydrogens (primary N) is 1. The maximum Gasteiger partial charge on any atom is 0.412 e. The van der Waals surface area contributed by atoms with E-state index in [0.717, 1.165) is 4.68 Å². The number of carbonyl (C=O) groups excluding carboxylic acids is 1. The van der Waals surface area contributed by atoms with Gasteiger partial charge in [-0.25, -0.2) is 14.3 Å². The molecule has 1 unspecified atom stereocenters. The van der Waals surface area contributed by atoms with Crippen LogP contribution >= 0.6 is 0 Å². The van der Waals surface area contributed by atoms with Crippen molar-refractivity contribution in [1.29, 1.82) is 0 Å². The van der Waals surface area contributed by atoms with E-state index in [4.69, 9.17) is 17.0 Å². The highest BCUT2D eigenvalue weighted by Gasteiger charge is 2.42. The van der Waals surface area contributed by atoms with Crippen LogP contribution in [0.1, 0.15) is 17.2 Å². The third-order valence-corrected chi connectivity index (χ3v) is 4.16. The van der Waals surface area contributed by atoms with E-state index in [2.05, 4.69) is 9.94 Å². The minimum atomic E-state index is -4.78. The molecule has 0 aliphatic heterocycles. The van der Waals surface area contributed by atoms with Crippen LogP contribution in [-0.2, 0) is 11.3 Å². The first-order chi connectivity index (χ1) is 14.3. The third kappa shape index (κ3) is 4.70. The number of nitrogen functional groups attached to an aromatic ring is 1. The van der Waals surface area contributed by atoms with Gasteiger partial charge in [-0.1, -0.05) is 42.5 Å². The number of nitrogens with one attached hydrogen (secondary N) is 1. The molecule has 0 saturated heterocycles. The predicted molar refractivity (Wildman–Crippen MR) is 103 cm³/mol. The Morgan fingerprint density at radius 1 is 1.23 bits per heavy atom. The van der Waals surface area contributed by atoms with Crippen molar-refractivity contribution < 1.29 is 22.7 Å². The summed E-state index contributed by atoms with van der Waals surface area (Å²) in [7, 11) is 0. The second-order valence-electron chi connectivity index (χ2n) is 6.21. The normalized spacial score (nSPS) is 12.1. The van der Waals surface area contributed by atoms with Crippen LogP contribution in [0.5, 0.6) is 0 Å². The largest absolute Gasteiger partial charge is 0.445 e. The number of alkyl halides is 3. The quantitative estimate of drug-likeness (QED) is 0.600. The maximum atomic E-state index is 13.6. The van der Waals surface area contributed by atoms with Crippen LogP contribution in [0.3, 0.4) is 0 Å². The molecule has 30 heavy (non-hydrogen) atoms. The van der Waals surface area contributed by atoms with Gasteiger partial charge >= 0.3 is 12.3 Å². The van der Waals surface area contributed by atoms with Gasteiger partial charge in [0.1, 0.15) is 12.4 Å². The van der Waals surface area contributed by atoms with Crippen LogP contribution in [0.15, 0.2) is 60.8 Å². The molecule has 0 aliphatic carbocycles. The summed E-state index contributed by atoms with van der Waals surface area (Å²) < 4.78 is 47.0. The van der Waals surface area contributed by atoms with E-state index in [9.17, 15) is 18.0 Å². The molecule has 10 heteroatoms. The molecular formula is C20H16F3N5O2. The predicted octanol–water partition coefficient (Wildman–Crippen LogP) is 4.54. The number of alkyl carbamates (subject to hydrolysis) is 1. The van der Waals surface area contributed by atoms with Crippen LogP contribution in [0, 0.1) is 6.57 Å². The number of rotatable bonds is 5. The third-order valence-electron chi connectivity index (χ3n) is 4.16. The van der Waals surface area contributed by atoms with E-state index in [1.165, 1.54) is 30.5 Å². The minimum Gasteiger partial charge on any atom is -0.445 e. The van der Waals surface area contributed by atoms with Crippen LogP contribution < -0.4 is 11.1 Å². The molecule has 0 aliphatic rings. The molecule has 1 aromatic heterocycles. The van der Waals surface area contributed by atoms with Crippen molar-refractivity contribution in [3.63, 3.8) is 0 Å². The van der Waals surface area contributed by atoms with Gasteiger partial charge in [0.05, 0.1) is 18.5 Å². The molecular weight excluding hydrogens is 399 g/mol.